The van der Waals surface area contributed by atoms with Crippen LogP contribution in [0, 0.1) is 11.8 Å². The number of cyclic esters (lactones) is 1. The van der Waals surface area contributed by atoms with Crippen molar-refractivity contribution < 1.29 is 53.6 Å². The first-order valence-corrected chi connectivity index (χ1v) is 9.90. The van der Waals surface area contributed by atoms with Gasteiger partial charge in [0.2, 0.25) is 12.0 Å². The molecule has 1 aromatic carbocycles. The average Bonchev–Trinajstić information content (AvgIpc) is 3.36. The summed E-state index contributed by atoms with van der Waals surface area (Å²) in [5, 5.41) is 39.6. The van der Waals surface area contributed by atoms with Gasteiger partial charge in [-0.1, -0.05) is 0 Å². The molecule has 1 aromatic rings. The van der Waals surface area contributed by atoms with Crippen LogP contribution in [0.4, 0.5) is 0 Å². The predicted octanol–water partition coefficient (Wildman–Crippen LogP) is -1.26. The maximum Gasteiger partial charge on any atom is 0.311 e. The number of benzene rings is 1. The molecule has 3 heterocycles. The second-order valence-corrected chi connectivity index (χ2v) is 7.72. The molecule has 0 spiro atoms. The molecule has 172 valence electrons. The Labute approximate surface area is 178 Å². The molecule has 0 aromatic heterocycles. The third-order valence-electron chi connectivity index (χ3n) is 5.98. The molecule has 0 radical (unpaired) electrons. The van der Waals surface area contributed by atoms with Gasteiger partial charge in [-0.15, -0.1) is 0 Å². The molecule has 0 aliphatic carbocycles. The molecule has 3 aliphatic rings. The summed E-state index contributed by atoms with van der Waals surface area (Å²) in [4.78, 5) is 11.8. The maximum atomic E-state index is 11.8. The monoisotopic (exact) mass is 442 g/mol. The fourth-order valence-corrected chi connectivity index (χ4v) is 4.20. The van der Waals surface area contributed by atoms with Crippen LogP contribution in [0.25, 0.3) is 0 Å². The summed E-state index contributed by atoms with van der Waals surface area (Å²) in [7, 11) is 2.83. The van der Waals surface area contributed by atoms with Crippen LogP contribution in [-0.4, -0.2) is 91.1 Å². The van der Waals surface area contributed by atoms with Crippen molar-refractivity contribution in [1.29, 1.82) is 0 Å². The van der Waals surface area contributed by atoms with Gasteiger partial charge in [0.15, 0.2) is 11.5 Å². The van der Waals surface area contributed by atoms with Gasteiger partial charge in [-0.3, -0.25) is 4.79 Å². The normalized spacial score (nSPS) is 37.3. The first kappa shape index (κ1) is 22.1. The van der Waals surface area contributed by atoms with E-state index in [1.807, 2.05) is 0 Å². The number of aliphatic hydroxyl groups excluding tert-OH is 4. The van der Waals surface area contributed by atoms with Crippen LogP contribution in [0.3, 0.4) is 0 Å². The van der Waals surface area contributed by atoms with Crippen molar-refractivity contribution in [3.05, 3.63) is 17.7 Å². The molecule has 3 aliphatic heterocycles. The summed E-state index contributed by atoms with van der Waals surface area (Å²) >= 11 is 0. The summed E-state index contributed by atoms with van der Waals surface area (Å²) < 4.78 is 33.0. The van der Waals surface area contributed by atoms with E-state index in [-0.39, 0.29) is 48.3 Å². The third kappa shape index (κ3) is 3.81. The van der Waals surface area contributed by atoms with Crippen molar-refractivity contribution in [2.24, 2.45) is 11.8 Å². The molecule has 0 saturated carbocycles. The van der Waals surface area contributed by atoms with Gasteiger partial charge < -0.3 is 48.8 Å². The maximum absolute atomic E-state index is 11.8. The van der Waals surface area contributed by atoms with Gasteiger partial charge in [0, 0.05) is 5.92 Å². The minimum absolute atomic E-state index is 0.0892. The minimum atomic E-state index is -1.59. The smallest absolute Gasteiger partial charge is 0.311 e. The second-order valence-electron chi connectivity index (χ2n) is 7.72. The van der Waals surface area contributed by atoms with Gasteiger partial charge in [0.25, 0.3) is 0 Å². The van der Waals surface area contributed by atoms with Crippen LogP contribution in [0.2, 0.25) is 0 Å². The van der Waals surface area contributed by atoms with E-state index in [2.05, 4.69) is 0 Å². The number of hydrogen-bond acceptors (Lipinski definition) is 11. The lowest BCUT2D eigenvalue weighted by Crippen LogP contribution is -2.60. The van der Waals surface area contributed by atoms with Crippen LogP contribution in [0.5, 0.6) is 17.2 Å². The Bertz CT molecular complexity index is 787. The Morgan fingerprint density at radius 3 is 2.32 bits per heavy atom. The quantitative estimate of drug-likeness (QED) is 0.391. The molecule has 11 heteroatoms. The van der Waals surface area contributed by atoms with Crippen molar-refractivity contribution in [2.75, 3.05) is 34.0 Å². The zero-order valence-corrected chi connectivity index (χ0v) is 17.0. The van der Waals surface area contributed by atoms with Crippen molar-refractivity contribution in [3.63, 3.8) is 0 Å². The second kappa shape index (κ2) is 8.77. The lowest BCUT2D eigenvalue weighted by atomic mass is 9.90. The molecular formula is C20H26O11. The van der Waals surface area contributed by atoms with Crippen LogP contribution in [0.1, 0.15) is 11.7 Å². The molecule has 4 N–H and O–H groups in total. The summed E-state index contributed by atoms with van der Waals surface area (Å²) in [6, 6.07) is 3.33. The number of methoxy groups -OCH3 is 2. The predicted molar refractivity (Wildman–Crippen MR) is 101 cm³/mol. The summed E-state index contributed by atoms with van der Waals surface area (Å²) in [5.41, 5.74) is 0.695. The highest BCUT2D eigenvalue weighted by atomic mass is 16.7. The molecule has 8 atom stereocenters. The number of esters is 1. The highest BCUT2D eigenvalue weighted by Gasteiger charge is 2.49. The first-order valence-electron chi connectivity index (χ1n) is 9.90. The molecule has 8 unspecified atom stereocenters. The minimum Gasteiger partial charge on any atom is -0.493 e. The Kier molecular flexibility index (Phi) is 6.24. The largest absolute Gasteiger partial charge is 0.493 e. The van der Waals surface area contributed by atoms with E-state index in [0.717, 1.165) is 0 Å². The number of carbonyl (C=O) groups excluding carboxylic acids is 1. The van der Waals surface area contributed by atoms with E-state index in [1.165, 1.54) is 14.2 Å². The third-order valence-corrected chi connectivity index (χ3v) is 5.98. The summed E-state index contributed by atoms with van der Waals surface area (Å²) in [5.74, 6) is -0.140. The van der Waals surface area contributed by atoms with Crippen molar-refractivity contribution in [3.8, 4) is 17.2 Å². The Hall–Kier alpha value is -2.15. The Morgan fingerprint density at radius 1 is 1.03 bits per heavy atom. The Morgan fingerprint density at radius 2 is 1.71 bits per heavy atom. The van der Waals surface area contributed by atoms with E-state index in [9.17, 15) is 25.2 Å². The Balaban J connectivity index is 1.62. The highest BCUT2D eigenvalue weighted by molar-refractivity contribution is 5.75. The fourth-order valence-electron chi connectivity index (χ4n) is 4.20. The number of rotatable bonds is 6. The number of carbonyl (C=O) groups is 1. The number of ether oxygens (including phenoxy) is 6. The fraction of sp³-hybridized carbons (Fsp3) is 0.650. The van der Waals surface area contributed by atoms with Gasteiger partial charge in [-0.25, -0.2) is 0 Å². The molecular weight excluding hydrogens is 416 g/mol. The van der Waals surface area contributed by atoms with Gasteiger partial charge in [0.05, 0.1) is 46.1 Å². The van der Waals surface area contributed by atoms with Crippen LogP contribution in [-0.2, 0) is 19.0 Å². The van der Waals surface area contributed by atoms with Crippen LogP contribution >= 0.6 is 0 Å². The van der Waals surface area contributed by atoms with Crippen molar-refractivity contribution in [1.82, 2.24) is 0 Å². The van der Waals surface area contributed by atoms with Gasteiger partial charge in [0.1, 0.15) is 24.4 Å². The SMILES string of the molecule is COc1cc(C2OCC3C(=O)OCC32)cc(OC)c1OC1OC(CO)C(O)C(O)C1O. The van der Waals surface area contributed by atoms with Crippen molar-refractivity contribution >= 4 is 5.97 Å². The summed E-state index contributed by atoms with van der Waals surface area (Å²) in [6.45, 7) is -0.0514. The zero-order valence-electron chi connectivity index (χ0n) is 17.0. The van der Waals surface area contributed by atoms with E-state index in [4.69, 9.17) is 28.4 Å². The van der Waals surface area contributed by atoms with Gasteiger partial charge in [-0.2, -0.15) is 0 Å². The molecule has 31 heavy (non-hydrogen) atoms. The number of hydrogen-bond donors (Lipinski definition) is 4. The molecule has 0 bridgehead atoms. The van der Waals surface area contributed by atoms with Crippen LogP contribution in [0.15, 0.2) is 12.1 Å². The topological polar surface area (TPSA) is 153 Å². The molecule has 0 amide bonds. The van der Waals surface area contributed by atoms with Crippen molar-refractivity contribution in [2.45, 2.75) is 36.8 Å². The summed E-state index contributed by atoms with van der Waals surface area (Å²) in [6.07, 6.45) is -7.61. The highest BCUT2D eigenvalue weighted by Crippen LogP contribution is 2.47. The first-order chi connectivity index (χ1) is 14.9. The van der Waals surface area contributed by atoms with E-state index >= 15 is 0 Å². The molecule has 11 nitrogen and oxygen atoms in total. The van der Waals surface area contributed by atoms with E-state index in [1.54, 1.807) is 12.1 Å². The van der Waals surface area contributed by atoms with Gasteiger partial charge in [-0.05, 0) is 17.7 Å². The molecule has 3 fully saturated rings. The zero-order chi connectivity index (χ0) is 22.3. The lowest BCUT2D eigenvalue weighted by molar-refractivity contribution is -0.277. The lowest BCUT2D eigenvalue weighted by Gasteiger charge is -2.39. The van der Waals surface area contributed by atoms with Gasteiger partial charge >= 0.3 is 5.97 Å². The van der Waals surface area contributed by atoms with Crippen LogP contribution < -0.4 is 14.2 Å². The number of fused-ring (bicyclic) bond motifs is 1. The van der Waals surface area contributed by atoms with E-state index < -0.39 is 43.4 Å². The van der Waals surface area contributed by atoms with E-state index in [0.29, 0.717) is 5.56 Å². The number of aliphatic hydroxyl groups is 4. The molecule has 4 rings (SSSR count). The molecule has 3 saturated heterocycles. The average molecular weight is 442 g/mol. The standard InChI is InChI=1S/C20H26O11/c1-26-11-3-8(17-9-6-29-19(25)10(9)7-28-17)4-12(27-2)18(11)31-20-16(24)15(23)14(22)13(5-21)30-20/h3-4,9-10,13-17,20-24H,5-7H2,1-2H3.